The van der Waals surface area contributed by atoms with Crippen molar-refractivity contribution in [2.24, 2.45) is 0 Å². The Hall–Kier alpha value is -1.68. The number of aromatic nitrogens is 2. The van der Waals surface area contributed by atoms with E-state index in [-0.39, 0.29) is 5.82 Å². The van der Waals surface area contributed by atoms with Crippen LogP contribution >= 0.6 is 11.6 Å². The fourth-order valence-electron chi connectivity index (χ4n) is 1.88. The summed E-state index contributed by atoms with van der Waals surface area (Å²) in [5, 5.41) is 3.67. The highest BCUT2D eigenvalue weighted by molar-refractivity contribution is 6.30. The van der Waals surface area contributed by atoms with E-state index < -0.39 is 0 Å². The minimum atomic E-state index is -0.180. The highest BCUT2D eigenvalue weighted by Crippen LogP contribution is 2.20. The molecule has 0 saturated heterocycles. The molecule has 1 N–H and O–H groups in total. The molecule has 2 rings (SSSR count). The molecule has 0 radical (unpaired) electrons. The average Bonchev–Trinajstić information content (AvgIpc) is 2.45. The van der Waals surface area contributed by atoms with Crippen molar-refractivity contribution in [1.29, 1.82) is 0 Å². The van der Waals surface area contributed by atoms with Crippen molar-refractivity contribution in [3.05, 3.63) is 52.2 Å². The van der Waals surface area contributed by atoms with E-state index in [1.54, 1.807) is 12.1 Å². The van der Waals surface area contributed by atoms with E-state index in [1.807, 2.05) is 19.9 Å². The van der Waals surface area contributed by atoms with Gasteiger partial charge in [-0.15, -0.1) is 0 Å². The van der Waals surface area contributed by atoms with Crippen LogP contribution in [0.3, 0.4) is 0 Å². The summed E-state index contributed by atoms with van der Waals surface area (Å²) in [6.45, 7) is 4.44. The fourth-order valence-corrected chi connectivity index (χ4v) is 2.07. The zero-order chi connectivity index (χ0) is 14.5. The molecular weight excluding hydrogens is 277 g/mol. The molecule has 0 unspecified atom stereocenters. The molecule has 0 bridgehead atoms. The van der Waals surface area contributed by atoms with Crippen molar-refractivity contribution in [3.63, 3.8) is 0 Å². The molecule has 0 fully saturated rings. The number of halogens is 2. The van der Waals surface area contributed by atoms with E-state index in [9.17, 15) is 4.39 Å². The van der Waals surface area contributed by atoms with Crippen LogP contribution in [0.2, 0.25) is 5.15 Å². The summed E-state index contributed by atoms with van der Waals surface area (Å²) in [6.07, 6.45) is 1.32. The summed E-state index contributed by atoms with van der Waals surface area (Å²) in [4.78, 5) is 8.59. The number of benzene rings is 1. The summed E-state index contributed by atoms with van der Waals surface area (Å²) in [5.41, 5.74) is 1.51. The number of hydrogen-bond donors (Lipinski definition) is 1. The molecule has 0 spiro atoms. The summed E-state index contributed by atoms with van der Waals surface area (Å²) in [6, 6.07) is 6.78. The van der Waals surface area contributed by atoms with Crippen LogP contribution in [0.15, 0.2) is 24.3 Å². The number of aryl methyl sites for hydroxylation is 1. The molecular formula is C15H17ClFN3. The zero-order valence-corrected chi connectivity index (χ0v) is 12.3. The minimum Gasteiger partial charge on any atom is -0.369 e. The summed E-state index contributed by atoms with van der Waals surface area (Å²) in [7, 11) is 0. The van der Waals surface area contributed by atoms with Crippen molar-refractivity contribution in [1.82, 2.24) is 9.97 Å². The van der Waals surface area contributed by atoms with Crippen LogP contribution in [-0.4, -0.2) is 16.5 Å². The SMILES string of the molecule is CCc1nc(Cl)c(C)c(NCCc2ccccc2F)n1. The van der Waals surface area contributed by atoms with Crippen molar-refractivity contribution < 1.29 is 4.39 Å². The van der Waals surface area contributed by atoms with Crippen LogP contribution in [-0.2, 0) is 12.8 Å². The molecule has 1 aromatic heterocycles. The van der Waals surface area contributed by atoms with Gasteiger partial charge < -0.3 is 5.32 Å². The lowest BCUT2D eigenvalue weighted by molar-refractivity contribution is 0.610. The van der Waals surface area contributed by atoms with E-state index in [1.165, 1.54) is 6.07 Å². The van der Waals surface area contributed by atoms with Gasteiger partial charge in [0.05, 0.1) is 0 Å². The van der Waals surface area contributed by atoms with Gasteiger partial charge in [0, 0.05) is 18.5 Å². The lowest BCUT2D eigenvalue weighted by atomic mass is 10.1. The van der Waals surface area contributed by atoms with Crippen molar-refractivity contribution in [2.75, 3.05) is 11.9 Å². The first kappa shape index (κ1) is 14.7. The van der Waals surface area contributed by atoms with Crippen molar-refractivity contribution in [3.8, 4) is 0 Å². The molecule has 0 atom stereocenters. The molecule has 2 aromatic rings. The Bertz CT molecular complexity index is 602. The predicted molar refractivity (Wildman–Crippen MR) is 79.8 cm³/mol. The molecule has 0 amide bonds. The van der Waals surface area contributed by atoms with Crippen LogP contribution in [0.1, 0.15) is 23.9 Å². The maximum Gasteiger partial charge on any atom is 0.137 e. The molecule has 0 aliphatic heterocycles. The third-order valence-corrected chi connectivity index (χ3v) is 3.46. The van der Waals surface area contributed by atoms with Gasteiger partial charge in [-0.25, -0.2) is 14.4 Å². The Morgan fingerprint density at radius 2 is 2.00 bits per heavy atom. The lowest BCUT2D eigenvalue weighted by Crippen LogP contribution is -2.10. The smallest absolute Gasteiger partial charge is 0.137 e. The quantitative estimate of drug-likeness (QED) is 0.852. The first-order chi connectivity index (χ1) is 9.61. The number of hydrogen-bond acceptors (Lipinski definition) is 3. The largest absolute Gasteiger partial charge is 0.369 e. The Morgan fingerprint density at radius 1 is 1.25 bits per heavy atom. The van der Waals surface area contributed by atoms with Gasteiger partial charge >= 0.3 is 0 Å². The number of rotatable bonds is 5. The maximum atomic E-state index is 13.5. The van der Waals surface area contributed by atoms with E-state index in [0.717, 1.165) is 17.8 Å². The normalized spacial score (nSPS) is 10.6. The van der Waals surface area contributed by atoms with E-state index in [4.69, 9.17) is 11.6 Å². The van der Waals surface area contributed by atoms with Gasteiger partial charge in [0.2, 0.25) is 0 Å². The molecule has 3 nitrogen and oxygen atoms in total. The van der Waals surface area contributed by atoms with E-state index >= 15 is 0 Å². The van der Waals surface area contributed by atoms with Gasteiger partial charge in [-0.05, 0) is 25.0 Å². The summed E-state index contributed by atoms with van der Waals surface area (Å²) >= 11 is 6.07. The number of anilines is 1. The third kappa shape index (κ3) is 3.45. The molecule has 20 heavy (non-hydrogen) atoms. The highest BCUT2D eigenvalue weighted by atomic mass is 35.5. The predicted octanol–water partition coefficient (Wildman–Crippen LogP) is 3.79. The van der Waals surface area contributed by atoms with Gasteiger partial charge in [0.25, 0.3) is 0 Å². The molecule has 1 aromatic carbocycles. The third-order valence-electron chi connectivity index (χ3n) is 3.09. The van der Waals surface area contributed by atoms with Crippen molar-refractivity contribution >= 4 is 17.4 Å². The Balaban J connectivity index is 2.04. The second kappa shape index (κ2) is 6.66. The van der Waals surface area contributed by atoms with Gasteiger partial charge in [-0.1, -0.05) is 36.7 Å². The summed E-state index contributed by atoms with van der Waals surface area (Å²) in [5.74, 6) is 1.24. The second-order valence-corrected chi connectivity index (χ2v) is 4.88. The zero-order valence-electron chi connectivity index (χ0n) is 11.6. The molecule has 0 aliphatic carbocycles. The highest BCUT2D eigenvalue weighted by Gasteiger charge is 2.08. The number of nitrogens with one attached hydrogen (secondary N) is 1. The van der Waals surface area contributed by atoms with Crippen LogP contribution in [0.5, 0.6) is 0 Å². The number of nitrogens with zero attached hydrogens (tertiary/aromatic N) is 2. The van der Waals surface area contributed by atoms with E-state index in [0.29, 0.717) is 29.5 Å². The Labute approximate surface area is 123 Å². The lowest BCUT2D eigenvalue weighted by Gasteiger charge is -2.11. The molecule has 5 heteroatoms. The molecule has 0 aliphatic rings. The van der Waals surface area contributed by atoms with Crippen LogP contribution in [0.25, 0.3) is 0 Å². The molecule has 106 valence electrons. The average molecular weight is 294 g/mol. The van der Waals surface area contributed by atoms with Gasteiger partial charge in [0.15, 0.2) is 0 Å². The van der Waals surface area contributed by atoms with Crippen LogP contribution in [0, 0.1) is 12.7 Å². The first-order valence-corrected chi connectivity index (χ1v) is 7.00. The Kier molecular flexibility index (Phi) is 4.90. The van der Waals surface area contributed by atoms with Crippen molar-refractivity contribution in [2.45, 2.75) is 26.7 Å². The minimum absolute atomic E-state index is 0.180. The Morgan fingerprint density at radius 3 is 2.70 bits per heavy atom. The summed E-state index contributed by atoms with van der Waals surface area (Å²) < 4.78 is 13.5. The topological polar surface area (TPSA) is 37.8 Å². The van der Waals surface area contributed by atoms with Gasteiger partial charge in [-0.3, -0.25) is 0 Å². The van der Waals surface area contributed by atoms with E-state index in [2.05, 4.69) is 15.3 Å². The second-order valence-electron chi connectivity index (χ2n) is 4.53. The van der Waals surface area contributed by atoms with Crippen LogP contribution in [0.4, 0.5) is 10.2 Å². The first-order valence-electron chi connectivity index (χ1n) is 6.62. The fraction of sp³-hybridized carbons (Fsp3) is 0.333. The van der Waals surface area contributed by atoms with Gasteiger partial charge in [-0.2, -0.15) is 0 Å². The monoisotopic (exact) mass is 293 g/mol. The molecule has 1 heterocycles. The molecule has 0 saturated carbocycles. The maximum absolute atomic E-state index is 13.5. The van der Waals surface area contributed by atoms with Gasteiger partial charge in [0.1, 0.15) is 22.6 Å². The standard InChI is InChI=1S/C15H17ClFN3/c1-3-13-19-14(16)10(2)15(20-13)18-9-8-11-6-4-5-7-12(11)17/h4-7H,3,8-9H2,1-2H3,(H,18,19,20). The van der Waals surface area contributed by atoms with Crippen LogP contribution < -0.4 is 5.32 Å².